The van der Waals surface area contributed by atoms with Crippen molar-refractivity contribution in [1.82, 2.24) is 0 Å². The summed E-state index contributed by atoms with van der Waals surface area (Å²) in [4.78, 5) is 0. The van der Waals surface area contributed by atoms with Gasteiger partial charge in [-0.2, -0.15) is 0 Å². The Hall–Kier alpha value is -0.240. The maximum atomic E-state index is 5.33. The van der Waals surface area contributed by atoms with Crippen LogP contribution < -0.4 is 0 Å². The average Bonchev–Trinajstić information content (AvgIpc) is 3.27. The van der Waals surface area contributed by atoms with Crippen LogP contribution in [0.25, 0.3) is 0 Å². The Morgan fingerprint density at radius 3 is 1.22 bits per heavy atom. The van der Waals surface area contributed by atoms with Crippen molar-refractivity contribution in [2.24, 2.45) is 5.41 Å². The molecule has 5 heterocycles. The molecular formula is C17H28O6. The van der Waals surface area contributed by atoms with Crippen LogP contribution in [0.3, 0.4) is 0 Å². The van der Waals surface area contributed by atoms with E-state index < -0.39 is 0 Å². The predicted molar refractivity (Wildman–Crippen MR) is 81.5 cm³/mol. The summed E-state index contributed by atoms with van der Waals surface area (Å²) in [5.41, 5.74) is 0.378. The van der Waals surface area contributed by atoms with Crippen molar-refractivity contribution in [3.8, 4) is 0 Å². The van der Waals surface area contributed by atoms with Crippen LogP contribution in [0.5, 0.6) is 0 Å². The molecule has 5 unspecified atom stereocenters. The zero-order chi connectivity index (χ0) is 15.7. The SMILES string of the molecule is C(OCC1CO1)C1CO1.CC(CC1CO1)(CC1CO1)CC1CO1. The summed E-state index contributed by atoms with van der Waals surface area (Å²) < 4.78 is 31.1. The number of hydrogen-bond acceptors (Lipinski definition) is 6. The third kappa shape index (κ3) is 6.64. The van der Waals surface area contributed by atoms with Crippen molar-refractivity contribution in [2.75, 3.05) is 46.2 Å². The highest BCUT2D eigenvalue weighted by Crippen LogP contribution is 2.42. The van der Waals surface area contributed by atoms with E-state index in [1.807, 2.05) is 0 Å². The van der Waals surface area contributed by atoms with Gasteiger partial charge in [-0.3, -0.25) is 0 Å². The van der Waals surface area contributed by atoms with Crippen molar-refractivity contribution in [1.29, 1.82) is 0 Å². The Labute approximate surface area is 137 Å². The minimum Gasteiger partial charge on any atom is -0.376 e. The topological polar surface area (TPSA) is 71.9 Å². The van der Waals surface area contributed by atoms with Crippen molar-refractivity contribution in [3.63, 3.8) is 0 Å². The zero-order valence-corrected chi connectivity index (χ0v) is 13.9. The van der Waals surface area contributed by atoms with Crippen LogP contribution in [0.2, 0.25) is 0 Å². The fraction of sp³-hybridized carbons (Fsp3) is 1.00. The highest BCUT2D eigenvalue weighted by molar-refractivity contribution is 4.91. The second-order valence-corrected chi connectivity index (χ2v) is 7.74. The normalized spacial score (nSPS) is 41.3. The van der Waals surface area contributed by atoms with Gasteiger partial charge >= 0.3 is 0 Å². The van der Waals surface area contributed by atoms with Crippen LogP contribution in [0.1, 0.15) is 26.2 Å². The first-order chi connectivity index (χ1) is 11.2. The van der Waals surface area contributed by atoms with E-state index in [2.05, 4.69) is 6.92 Å². The van der Waals surface area contributed by atoms with Crippen LogP contribution in [-0.4, -0.2) is 76.8 Å². The van der Waals surface area contributed by atoms with E-state index in [0.29, 0.717) is 35.9 Å². The monoisotopic (exact) mass is 328 g/mol. The summed E-state index contributed by atoms with van der Waals surface area (Å²) >= 11 is 0. The molecule has 0 N–H and O–H groups in total. The van der Waals surface area contributed by atoms with Gasteiger partial charge in [0.25, 0.3) is 0 Å². The molecule has 0 aromatic carbocycles. The molecule has 5 saturated heterocycles. The lowest BCUT2D eigenvalue weighted by molar-refractivity contribution is 0.102. The van der Waals surface area contributed by atoms with E-state index in [1.54, 1.807) is 0 Å². The summed E-state index contributed by atoms with van der Waals surface area (Å²) in [5, 5.41) is 0. The van der Waals surface area contributed by atoms with Crippen molar-refractivity contribution < 1.29 is 28.4 Å². The molecular weight excluding hydrogens is 300 g/mol. The molecule has 0 spiro atoms. The molecule has 5 aliphatic rings. The molecule has 6 heteroatoms. The summed E-state index contributed by atoms with van der Waals surface area (Å²) in [6, 6.07) is 0. The van der Waals surface area contributed by atoms with Gasteiger partial charge in [0.05, 0.1) is 64.6 Å². The maximum Gasteiger partial charge on any atom is 0.104 e. The van der Waals surface area contributed by atoms with Crippen molar-refractivity contribution in [2.45, 2.75) is 56.7 Å². The maximum absolute atomic E-state index is 5.33. The Balaban J connectivity index is 0.000000130. The predicted octanol–water partition coefficient (Wildman–Crippen LogP) is 1.16. The van der Waals surface area contributed by atoms with E-state index in [-0.39, 0.29) is 0 Å². The molecule has 0 aromatic rings. The third-order valence-electron chi connectivity index (χ3n) is 4.78. The van der Waals surface area contributed by atoms with Gasteiger partial charge < -0.3 is 28.4 Å². The molecule has 0 amide bonds. The number of epoxide rings is 5. The molecule has 0 saturated carbocycles. The first-order valence-corrected chi connectivity index (χ1v) is 8.84. The van der Waals surface area contributed by atoms with E-state index in [4.69, 9.17) is 28.4 Å². The third-order valence-corrected chi connectivity index (χ3v) is 4.78. The molecule has 5 atom stereocenters. The molecule has 5 fully saturated rings. The number of hydrogen-bond donors (Lipinski definition) is 0. The van der Waals surface area contributed by atoms with Crippen LogP contribution in [0.15, 0.2) is 0 Å². The molecule has 5 rings (SSSR count). The lowest BCUT2D eigenvalue weighted by Gasteiger charge is -2.27. The molecule has 6 nitrogen and oxygen atoms in total. The van der Waals surface area contributed by atoms with Crippen molar-refractivity contribution >= 4 is 0 Å². The van der Waals surface area contributed by atoms with Gasteiger partial charge in [-0.25, -0.2) is 0 Å². The van der Waals surface area contributed by atoms with Gasteiger partial charge in [-0.1, -0.05) is 6.92 Å². The number of ether oxygens (including phenoxy) is 6. The van der Waals surface area contributed by atoms with E-state index in [1.165, 1.54) is 19.3 Å². The molecule has 0 bridgehead atoms. The zero-order valence-electron chi connectivity index (χ0n) is 13.9. The second-order valence-electron chi connectivity index (χ2n) is 7.74. The van der Waals surface area contributed by atoms with Crippen LogP contribution in [-0.2, 0) is 28.4 Å². The molecule has 0 radical (unpaired) electrons. The summed E-state index contributed by atoms with van der Waals surface area (Å²) in [7, 11) is 0. The van der Waals surface area contributed by atoms with E-state index in [0.717, 1.165) is 46.2 Å². The van der Waals surface area contributed by atoms with Crippen LogP contribution in [0.4, 0.5) is 0 Å². The largest absolute Gasteiger partial charge is 0.376 e. The minimum atomic E-state index is 0.378. The molecule has 0 aromatic heterocycles. The van der Waals surface area contributed by atoms with Gasteiger partial charge in [-0.05, 0) is 24.7 Å². The molecule has 5 aliphatic heterocycles. The first-order valence-electron chi connectivity index (χ1n) is 8.84. The van der Waals surface area contributed by atoms with E-state index >= 15 is 0 Å². The quantitative estimate of drug-likeness (QED) is 0.560. The first kappa shape index (κ1) is 16.2. The standard InChI is InChI=1S/C11H18O3.C6H10O3/c1-11(2-8-5-12-8,3-9-6-13-9)4-10-7-14-10;1(5-3-8-5)7-2-6-4-9-6/h8-10H,2-7H2,1H3;5-6H,1-4H2. The van der Waals surface area contributed by atoms with Gasteiger partial charge in [-0.15, -0.1) is 0 Å². The molecule has 23 heavy (non-hydrogen) atoms. The number of rotatable bonds is 10. The Kier molecular flexibility index (Phi) is 4.90. The van der Waals surface area contributed by atoms with Crippen molar-refractivity contribution in [3.05, 3.63) is 0 Å². The van der Waals surface area contributed by atoms with Gasteiger partial charge in [0.1, 0.15) is 12.2 Å². The summed E-state index contributed by atoms with van der Waals surface area (Å²) in [6.45, 7) is 8.51. The van der Waals surface area contributed by atoms with Crippen LogP contribution in [0, 0.1) is 5.41 Å². The van der Waals surface area contributed by atoms with Crippen LogP contribution >= 0.6 is 0 Å². The fourth-order valence-electron chi connectivity index (χ4n) is 3.12. The summed E-state index contributed by atoms with van der Waals surface area (Å²) in [6.07, 6.45) is 5.92. The highest BCUT2D eigenvalue weighted by atomic mass is 16.6. The van der Waals surface area contributed by atoms with Gasteiger partial charge in [0, 0.05) is 0 Å². The Morgan fingerprint density at radius 1 is 0.652 bits per heavy atom. The minimum absolute atomic E-state index is 0.378. The average molecular weight is 328 g/mol. The fourth-order valence-corrected chi connectivity index (χ4v) is 3.12. The molecule has 0 aliphatic carbocycles. The highest BCUT2D eigenvalue weighted by Gasteiger charge is 2.42. The van der Waals surface area contributed by atoms with Gasteiger partial charge in [0.15, 0.2) is 0 Å². The molecule has 132 valence electrons. The second kappa shape index (κ2) is 6.94. The summed E-state index contributed by atoms with van der Waals surface area (Å²) in [5.74, 6) is 0. The lowest BCUT2D eigenvalue weighted by Crippen LogP contribution is -2.23. The smallest absolute Gasteiger partial charge is 0.104 e. The lowest BCUT2D eigenvalue weighted by atomic mass is 9.77. The Bertz CT molecular complexity index is 335. The van der Waals surface area contributed by atoms with Gasteiger partial charge in [0.2, 0.25) is 0 Å². The van der Waals surface area contributed by atoms with E-state index in [9.17, 15) is 0 Å². The Morgan fingerprint density at radius 2 is 0.957 bits per heavy atom.